The van der Waals surface area contributed by atoms with E-state index in [4.69, 9.17) is 4.74 Å². The first-order valence-electron chi connectivity index (χ1n) is 10.6. The molecule has 31 heavy (non-hydrogen) atoms. The molecule has 1 aliphatic carbocycles. The molecule has 3 aromatic carbocycles. The van der Waals surface area contributed by atoms with E-state index in [1.807, 2.05) is 42.5 Å². The summed E-state index contributed by atoms with van der Waals surface area (Å²) in [6, 6.07) is 18.8. The number of hydrogen-bond acceptors (Lipinski definition) is 4. The molecule has 7 heteroatoms. The number of sulfonamides is 1. The minimum atomic E-state index is -3.65. The first-order chi connectivity index (χ1) is 15.0. The summed E-state index contributed by atoms with van der Waals surface area (Å²) < 4.78 is 33.7. The van der Waals surface area contributed by atoms with Crippen molar-refractivity contribution in [3.8, 4) is 5.75 Å². The maximum absolute atomic E-state index is 12.7. The largest absolute Gasteiger partial charge is 0.492 e. The highest BCUT2D eigenvalue weighted by Gasteiger charge is 2.36. The summed E-state index contributed by atoms with van der Waals surface area (Å²) in [5.74, 6) is 1.02. The van der Waals surface area contributed by atoms with Gasteiger partial charge in [0, 0.05) is 24.7 Å². The predicted octanol–water partition coefficient (Wildman–Crippen LogP) is 3.50. The van der Waals surface area contributed by atoms with Crippen molar-refractivity contribution in [3.05, 3.63) is 66.2 Å². The van der Waals surface area contributed by atoms with Crippen LogP contribution in [0.3, 0.4) is 0 Å². The highest BCUT2D eigenvalue weighted by Crippen LogP contribution is 2.37. The molecule has 0 radical (unpaired) electrons. The van der Waals surface area contributed by atoms with Gasteiger partial charge in [-0.15, -0.1) is 0 Å². The van der Waals surface area contributed by atoms with Crippen LogP contribution in [0.25, 0.3) is 10.8 Å². The molecule has 1 N–H and O–H groups in total. The normalized spacial score (nSPS) is 15.8. The number of carbonyl (C=O) groups excluding carboxylic acids is 1. The molecule has 1 aliphatic heterocycles. The fourth-order valence-electron chi connectivity index (χ4n) is 4.01. The zero-order valence-corrected chi connectivity index (χ0v) is 17.9. The molecule has 0 saturated heterocycles. The van der Waals surface area contributed by atoms with Crippen LogP contribution in [0.2, 0.25) is 0 Å². The molecule has 1 fully saturated rings. The summed E-state index contributed by atoms with van der Waals surface area (Å²) in [4.78, 5) is 14.4. The molecule has 0 spiro atoms. The van der Waals surface area contributed by atoms with Crippen molar-refractivity contribution in [2.45, 2.75) is 24.2 Å². The van der Waals surface area contributed by atoms with Crippen LogP contribution >= 0.6 is 0 Å². The third kappa shape index (κ3) is 4.16. The molecule has 1 amide bonds. The van der Waals surface area contributed by atoms with Crippen molar-refractivity contribution in [2.75, 3.05) is 24.6 Å². The van der Waals surface area contributed by atoms with Crippen LogP contribution in [0.4, 0.5) is 5.69 Å². The van der Waals surface area contributed by atoms with Crippen LogP contribution in [-0.4, -0.2) is 34.0 Å². The first kappa shape index (κ1) is 20.0. The quantitative estimate of drug-likeness (QED) is 0.575. The van der Waals surface area contributed by atoms with Gasteiger partial charge >= 0.3 is 0 Å². The van der Waals surface area contributed by atoms with Crippen LogP contribution in [0.15, 0.2) is 65.6 Å². The standard InChI is InChI=1S/C24H24N2O4S/c27-24(18-5-6-18)26-13-11-20-16-22(9-10-23(20)26)31(28,29)25-12-14-30-21-8-7-17-3-1-2-4-19(17)15-21/h1-4,7-10,15-16,18,25H,5-6,11-14H2. The summed E-state index contributed by atoms with van der Waals surface area (Å²) in [7, 11) is -3.65. The topological polar surface area (TPSA) is 75.7 Å². The molecular formula is C24H24N2O4S. The molecule has 1 heterocycles. The van der Waals surface area contributed by atoms with Crippen molar-refractivity contribution in [2.24, 2.45) is 5.92 Å². The molecular weight excluding hydrogens is 412 g/mol. The predicted molar refractivity (Wildman–Crippen MR) is 120 cm³/mol. The second-order valence-electron chi connectivity index (χ2n) is 8.06. The summed E-state index contributed by atoms with van der Waals surface area (Å²) in [6.07, 6.45) is 2.60. The van der Waals surface area contributed by atoms with E-state index in [2.05, 4.69) is 4.72 Å². The van der Waals surface area contributed by atoms with E-state index >= 15 is 0 Å². The van der Waals surface area contributed by atoms with E-state index in [1.165, 1.54) is 0 Å². The first-order valence-corrected chi connectivity index (χ1v) is 12.1. The lowest BCUT2D eigenvalue weighted by Crippen LogP contribution is -2.30. The van der Waals surface area contributed by atoms with Gasteiger partial charge in [0.15, 0.2) is 0 Å². The average Bonchev–Trinajstić information content (AvgIpc) is 3.55. The fourth-order valence-corrected chi connectivity index (χ4v) is 5.07. The number of nitrogens with one attached hydrogen (secondary N) is 1. The third-order valence-electron chi connectivity index (χ3n) is 5.83. The van der Waals surface area contributed by atoms with E-state index in [-0.39, 0.29) is 29.9 Å². The van der Waals surface area contributed by atoms with E-state index in [1.54, 1.807) is 23.1 Å². The van der Waals surface area contributed by atoms with E-state index in [0.29, 0.717) is 18.7 Å². The van der Waals surface area contributed by atoms with E-state index in [0.717, 1.165) is 34.9 Å². The Labute approximate surface area is 181 Å². The Morgan fingerprint density at radius 2 is 1.84 bits per heavy atom. The van der Waals surface area contributed by atoms with Gasteiger partial charge in [0.25, 0.3) is 0 Å². The Kier molecular flexibility index (Phi) is 5.16. The highest BCUT2D eigenvalue weighted by molar-refractivity contribution is 7.89. The number of amides is 1. The maximum atomic E-state index is 12.7. The number of nitrogens with zero attached hydrogens (tertiary/aromatic N) is 1. The molecule has 6 nitrogen and oxygen atoms in total. The molecule has 0 aromatic heterocycles. The Bertz CT molecular complexity index is 1250. The van der Waals surface area contributed by atoms with Gasteiger partial charge in [-0.1, -0.05) is 30.3 Å². The number of ether oxygens (including phenoxy) is 1. The number of fused-ring (bicyclic) bond motifs is 2. The van der Waals surface area contributed by atoms with Gasteiger partial charge in [-0.3, -0.25) is 4.79 Å². The van der Waals surface area contributed by atoms with Crippen LogP contribution in [0, 0.1) is 5.92 Å². The lowest BCUT2D eigenvalue weighted by Gasteiger charge is -2.17. The van der Waals surface area contributed by atoms with Gasteiger partial charge in [0.05, 0.1) is 4.90 Å². The average molecular weight is 437 g/mol. The molecule has 3 aromatic rings. The smallest absolute Gasteiger partial charge is 0.240 e. The monoisotopic (exact) mass is 436 g/mol. The Morgan fingerprint density at radius 1 is 1.03 bits per heavy atom. The summed E-state index contributed by atoms with van der Waals surface area (Å²) >= 11 is 0. The van der Waals surface area contributed by atoms with Crippen LogP contribution in [0.1, 0.15) is 18.4 Å². The van der Waals surface area contributed by atoms with Crippen LogP contribution in [-0.2, 0) is 21.2 Å². The second-order valence-corrected chi connectivity index (χ2v) is 9.83. The van der Waals surface area contributed by atoms with Crippen molar-refractivity contribution in [3.63, 3.8) is 0 Å². The van der Waals surface area contributed by atoms with E-state index < -0.39 is 10.0 Å². The van der Waals surface area contributed by atoms with Gasteiger partial charge in [-0.25, -0.2) is 13.1 Å². The minimum Gasteiger partial charge on any atom is -0.492 e. The second kappa shape index (κ2) is 7.98. The number of rotatable bonds is 7. The molecule has 0 atom stereocenters. The Hall–Kier alpha value is -2.90. The minimum absolute atomic E-state index is 0.152. The zero-order chi connectivity index (χ0) is 21.4. The number of anilines is 1. The number of benzene rings is 3. The Balaban J connectivity index is 1.20. The van der Waals surface area contributed by atoms with E-state index in [9.17, 15) is 13.2 Å². The molecule has 0 bridgehead atoms. The third-order valence-corrected chi connectivity index (χ3v) is 7.29. The van der Waals surface area contributed by atoms with Gasteiger partial charge in [0.1, 0.15) is 12.4 Å². The van der Waals surface area contributed by atoms with Crippen LogP contribution < -0.4 is 14.4 Å². The summed E-state index contributed by atoms with van der Waals surface area (Å²) in [5.41, 5.74) is 1.75. The zero-order valence-electron chi connectivity index (χ0n) is 17.1. The summed E-state index contributed by atoms with van der Waals surface area (Å²) in [5, 5.41) is 2.21. The van der Waals surface area contributed by atoms with Crippen molar-refractivity contribution >= 4 is 32.4 Å². The molecule has 5 rings (SSSR count). The SMILES string of the molecule is O=C(C1CC1)N1CCc2cc(S(=O)(=O)NCCOc3ccc4ccccc4c3)ccc21. The highest BCUT2D eigenvalue weighted by atomic mass is 32.2. The molecule has 160 valence electrons. The molecule has 2 aliphatic rings. The van der Waals surface area contributed by atoms with Crippen LogP contribution in [0.5, 0.6) is 5.75 Å². The van der Waals surface area contributed by atoms with Gasteiger partial charge in [0.2, 0.25) is 15.9 Å². The van der Waals surface area contributed by atoms with Gasteiger partial charge in [-0.2, -0.15) is 0 Å². The van der Waals surface area contributed by atoms with Gasteiger partial charge < -0.3 is 9.64 Å². The summed E-state index contributed by atoms with van der Waals surface area (Å²) in [6.45, 7) is 1.02. The Morgan fingerprint density at radius 3 is 2.65 bits per heavy atom. The lowest BCUT2D eigenvalue weighted by atomic mass is 10.1. The lowest BCUT2D eigenvalue weighted by molar-refractivity contribution is -0.119. The van der Waals surface area contributed by atoms with Crippen molar-refractivity contribution in [1.29, 1.82) is 0 Å². The molecule has 0 unspecified atom stereocenters. The fraction of sp³-hybridized carbons (Fsp3) is 0.292. The molecule has 1 saturated carbocycles. The maximum Gasteiger partial charge on any atom is 0.240 e. The van der Waals surface area contributed by atoms with Gasteiger partial charge in [-0.05, 0) is 65.9 Å². The van der Waals surface area contributed by atoms with Crippen molar-refractivity contribution < 1.29 is 17.9 Å². The number of carbonyl (C=O) groups is 1. The number of hydrogen-bond donors (Lipinski definition) is 1. The van der Waals surface area contributed by atoms with Crippen molar-refractivity contribution in [1.82, 2.24) is 4.72 Å².